The van der Waals surface area contributed by atoms with Gasteiger partial charge in [0.2, 0.25) is 0 Å². The molecule has 0 aromatic carbocycles. The first-order valence-corrected chi connectivity index (χ1v) is 1.88. The molecule has 0 aliphatic heterocycles. The lowest BCUT2D eigenvalue weighted by Crippen LogP contribution is -1.53. The minimum atomic E-state index is 1.00. The SMILES string of the molecule is CO.c1cn[nH]c1. The van der Waals surface area contributed by atoms with E-state index in [0.29, 0.717) is 0 Å². The largest absolute Gasteiger partial charge is 0.400 e. The van der Waals surface area contributed by atoms with Crippen molar-refractivity contribution in [1.29, 1.82) is 0 Å². The Labute approximate surface area is 42.0 Å². The summed E-state index contributed by atoms with van der Waals surface area (Å²) in [5.41, 5.74) is 0. The van der Waals surface area contributed by atoms with Gasteiger partial charge in [-0.05, 0) is 6.07 Å². The van der Waals surface area contributed by atoms with Gasteiger partial charge >= 0.3 is 0 Å². The van der Waals surface area contributed by atoms with E-state index in [4.69, 9.17) is 5.11 Å². The molecule has 1 aromatic rings. The Bertz CT molecular complexity index is 66.2. The number of aromatic amines is 1. The normalized spacial score (nSPS) is 6.57. The Kier molecular flexibility index (Phi) is 4.56. The molecule has 0 saturated carbocycles. The number of nitrogens with one attached hydrogen (secondary N) is 1. The van der Waals surface area contributed by atoms with Crippen LogP contribution in [0.15, 0.2) is 18.5 Å². The number of hydrogen-bond donors (Lipinski definition) is 2. The lowest BCUT2D eigenvalue weighted by Gasteiger charge is -1.49. The minimum Gasteiger partial charge on any atom is -0.400 e. The fraction of sp³-hybridized carbons (Fsp3) is 0.250. The van der Waals surface area contributed by atoms with E-state index < -0.39 is 0 Å². The quantitative estimate of drug-likeness (QED) is 0.482. The lowest BCUT2D eigenvalue weighted by atomic mass is 10.8. The number of H-pyrrole nitrogens is 1. The summed E-state index contributed by atoms with van der Waals surface area (Å²) in [6.07, 6.45) is 3.46. The molecule has 0 unspecified atom stereocenters. The van der Waals surface area contributed by atoms with Crippen molar-refractivity contribution in [3.8, 4) is 0 Å². The molecule has 0 bridgehead atoms. The predicted molar refractivity (Wildman–Crippen MR) is 26.7 cm³/mol. The molecule has 1 aromatic heterocycles. The highest BCUT2D eigenvalue weighted by Gasteiger charge is 1.56. The van der Waals surface area contributed by atoms with Crippen molar-refractivity contribution in [2.45, 2.75) is 0 Å². The van der Waals surface area contributed by atoms with Crippen LogP contribution in [0, 0.1) is 0 Å². The van der Waals surface area contributed by atoms with E-state index in [2.05, 4.69) is 10.2 Å². The summed E-state index contributed by atoms with van der Waals surface area (Å²) in [6.45, 7) is 0. The highest BCUT2D eigenvalue weighted by atomic mass is 16.2. The van der Waals surface area contributed by atoms with Gasteiger partial charge in [0.25, 0.3) is 0 Å². The summed E-state index contributed by atoms with van der Waals surface area (Å²) >= 11 is 0. The molecule has 0 aliphatic carbocycles. The van der Waals surface area contributed by atoms with Crippen LogP contribution in [0.2, 0.25) is 0 Å². The van der Waals surface area contributed by atoms with Gasteiger partial charge in [-0.15, -0.1) is 0 Å². The summed E-state index contributed by atoms with van der Waals surface area (Å²) in [6, 6.07) is 1.83. The third-order valence-electron chi connectivity index (χ3n) is 0.406. The smallest absolute Gasteiger partial charge is 0.0487 e. The molecule has 1 rings (SSSR count). The Hall–Kier alpha value is -0.830. The van der Waals surface area contributed by atoms with E-state index in [0.717, 1.165) is 7.11 Å². The highest BCUT2D eigenvalue weighted by Crippen LogP contribution is 1.64. The average Bonchev–Trinajstić information content (AvgIpc) is 2.23. The predicted octanol–water partition coefficient (Wildman–Crippen LogP) is 0.0182. The molecule has 3 nitrogen and oxygen atoms in total. The maximum absolute atomic E-state index is 7.00. The Morgan fingerprint density at radius 3 is 2.43 bits per heavy atom. The van der Waals surface area contributed by atoms with E-state index in [1.807, 2.05) is 6.07 Å². The van der Waals surface area contributed by atoms with Crippen LogP contribution in [-0.2, 0) is 0 Å². The van der Waals surface area contributed by atoms with Crippen molar-refractivity contribution >= 4 is 0 Å². The summed E-state index contributed by atoms with van der Waals surface area (Å²) in [7, 11) is 1.00. The van der Waals surface area contributed by atoms with Gasteiger partial charge in [-0.3, -0.25) is 5.10 Å². The summed E-state index contributed by atoms with van der Waals surface area (Å²) < 4.78 is 0. The first kappa shape index (κ1) is 6.17. The summed E-state index contributed by atoms with van der Waals surface area (Å²) in [5.74, 6) is 0. The highest BCUT2D eigenvalue weighted by molar-refractivity contribution is 4.72. The lowest BCUT2D eigenvalue weighted by molar-refractivity contribution is 0.399. The fourth-order valence-electron chi connectivity index (χ4n) is 0.215. The van der Waals surface area contributed by atoms with Crippen LogP contribution < -0.4 is 0 Å². The second-order valence-corrected chi connectivity index (χ2v) is 0.766. The van der Waals surface area contributed by atoms with Crippen LogP contribution in [0.3, 0.4) is 0 Å². The van der Waals surface area contributed by atoms with Crippen molar-refractivity contribution in [3.63, 3.8) is 0 Å². The monoisotopic (exact) mass is 100 g/mol. The molecule has 0 fully saturated rings. The standard InChI is InChI=1S/C3H4N2.CH4O/c1-2-4-5-3-1;1-2/h1-3H,(H,4,5);2H,1H3. The number of aliphatic hydroxyl groups excluding tert-OH is 1. The Balaban J connectivity index is 0.000000162. The molecule has 40 valence electrons. The molecule has 0 amide bonds. The maximum Gasteiger partial charge on any atom is 0.0487 e. The zero-order valence-corrected chi connectivity index (χ0v) is 4.13. The molecule has 0 spiro atoms. The zero-order chi connectivity index (χ0) is 5.54. The molecule has 7 heavy (non-hydrogen) atoms. The molecule has 0 atom stereocenters. The first-order chi connectivity index (χ1) is 3.50. The number of rotatable bonds is 0. The van der Waals surface area contributed by atoms with Crippen LogP contribution in [0.1, 0.15) is 0 Å². The van der Waals surface area contributed by atoms with E-state index in [1.165, 1.54) is 0 Å². The number of aromatic nitrogens is 2. The number of hydrogen-bond acceptors (Lipinski definition) is 2. The van der Waals surface area contributed by atoms with E-state index >= 15 is 0 Å². The van der Waals surface area contributed by atoms with E-state index in [1.54, 1.807) is 12.4 Å². The first-order valence-electron chi connectivity index (χ1n) is 1.88. The second-order valence-electron chi connectivity index (χ2n) is 0.766. The molecule has 2 N–H and O–H groups in total. The third-order valence-corrected chi connectivity index (χ3v) is 0.406. The maximum atomic E-state index is 7.00. The van der Waals surface area contributed by atoms with Crippen molar-refractivity contribution in [2.75, 3.05) is 7.11 Å². The second kappa shape index (κ2) is 5.17. The summed E-state index contributed by atoms with van der Waals surface area (Å²) in [5, 5.41) is 13.2. The molecule has 0 radical (unpaired) electrons. The van der Waals surface area contributed by atoms with Crippen LogP contribution in [0.4, 0.5) is 0 Å². The molecular weight excluding hydrogens is 92.1 g/mol. The van der Waals surface area contributed by atoms with Gasteiger partial charge in [-0.25, -0.2) is 0 Å². The molecular formula is C4H8N2O. The third kappa shape index (κ3) is 2.99. The van der Waals surface area contributed by atoms with Crippen LogP contribution in [-0.4, -0.2) is 22.4 Å². The topological polar surface area (TPSA) is 48.9 Å². The number of aliphatic hydroxyl groups is 1. The van der Waals surface area contributed by atoms with Gasteiger partial charge < -0.3 is 5.11 Å². The van der Waals surface area contributed by atoms with Gasteiger partial charge in [-0.1, -0.05) is 0 Å². The van der Waals surface area contributed by atoms with Gasteiger partial charge in [0.15, 0.2) is 0 Å². The van der Waals surface area contributed by atoms with Crippen LogP contribution >= 0.6 is 0 Å². The van der Waals surface area contributed by atoms with Crippen molar-refractivity contribution < 1.29 is 5.11 Å². The Morgan fingerprint density at radius 1 is 1.57 bits per heavy atom. The zero-order valence-electron chi connectivity index (χ0n) is 4.13. The van der Waals surface area contributed by atoms with Crippen LogP contribution in [0.25, 0.3) is 0 Å². The fourth-order valence-corrected chi connectivity index (χ4v) is 0.215. The molecule has 3 heteroatoms. The summed E-state index contributed by atoms with van der Waals surface area (Å²) in [4.78, 5) is 0. The molecule has 0 saturated heterocycles. The van der Waals surface area contributed by atoms with Crippen molar-refractivity contribution in [1.82, 2.24) is 10.2 Å². The van der Waals surface area contributed by atoms with Gasteiger partial charge in [0, 0.05) is 19.5 Å². The molecule has 0 aliphatic rings. The van der Waals surface area contributed by atoms with Crippen molar-refractivity contribution in [2.24, 2.45) is 0 Å². The minimum absolute atomic E-state index is 1.00. The van der Waals surface area contributed by atoms with Gasteiger partial charge in [-0.2, -0.15) is 5.10 Å². The van der Waals surface area contributed by atoms with Gasteiger partial charge in [0.05, 0.1) is 0 Å². The average molecular weight is 100 g/mol. The van der Waals surface area contributed by atoms with E-state index in [9.17, 15) is 0 Å². The van der Waals surface area contributed by atoms with E-state index in [-0.39, 0.29) is 0 Å². The Morgan fingerprint density at radius 2 is 2.29 bits per heavy atom. The van der Waals surface area contributed by atoms with Crippen molar-refractivity contribution in [3.05, 3.63) is 18.5 Å². The number of nitrogens with zero attached hydrogens (tertiary/aromatic N) is 1. The molecule has 1 heterocycles. The van der Waals surface area contributed by atoms with Crippen LogP contribution in [0.5, 0.6) is 0 Å². The van der Waals surface area contributed by atoms with Gasteiger partial charge in [0.1, 0.15) is 0 Å².